The number of carboxylic acids is 1. The van der Waals surface area contributed by atoms with Gasteiger partial charge >= 0.3 is 5.97 Å². The molecular formula is C21H24N2O2. The summed E-state index contributed by atoms with van der Waals surface area (Å²) in [5.41, 5.74) is 3.50. The Morgan fingerprint density at radius 2 is 1.92 bits per heavy atom. The van der Waals surface area contributed by atoms with Crippen molar-refractivity contribution in [2.24, 2.45) is 5.92 Å². The molecule has 0 radical (unpaired) electrons. The van der Waals surface area contributed by atoms with Gasteiger partial charge < -0.3 is 5.11 Å². The normalized spacial score (nSPS) is 24.2. The Bertz CT molecular complexity index is 725. The molecule has 4 nitrogen and oxygen atoms in total. The second-order valence-corrected chi connectivity index (χ2v) is 7.38. The van der Waals surface area contributed by atoms with E-state index >= 15 is 0 Å². The van der Waals surface area contributed by atoms with Crippen molar-refractivity contribution < 1.29 is 9.90 Å². The molecule has 130 valence electrons. The number of nitrogens with zero attached hydrogens (tertiary/aromatic N) is 2. The number of benzene rings is 1. The van der Waals surface area contributed by atoms with Gasteiger partial charge in [0.1, 0.15) is 0 Å². The van der Waals surface area contributed by atoms with Crippen LogP contribution in [0.5, 0.6) is 0 Å². The molecule has 2 heterocycles. The van der Waals surface area contributed by atoms with E-state index in [0.29, 0.717) is 12.5 Å². The number of pyridine rings is 1. The predicted molar refractivity (Wildman–Crippen MR) is 96.4 cm³/mol. The number of carbonyl (C=O) groups is 1. The molecule has 4 heteroatoms. The van der Waals surface area contributed by atoms with Crippen LogP contribution in [0.2, 0.25) is 0 Å². The molecule has 1 aromatic carbocycles. The maximum absolute atomic E-state index is 11.7. The lowest BCUT2D eigenvalue weighted by atomic mass is 9.82. The minimum absolute atomic E-state index is 0.0564. The molecule has 2 fully saturated rings. The van der Waals surface area contributed by atoms with E-state index in [0.717, 1.165) is 18.7 Å². The lowest BCUT2D eigenvalue weighted by Gasteiger charge is -2.25. The Kier molecular flexibility index (Phi) is 4.53. The maximum Gasteiger partial charge on any atom is 0.308 e. The topological polar surface area (TPSA) is 53.4 Å². The second kappa shape index (κ2) is 6.96. The van der Waals surface area contributed by atoms with Crippen LogP contribution >= 0.6 is 0 Å². The van der Waals surface area contributed by atoms with Gasteiger partial charge in [-0.2, -0.15) is 0 Å². The number of hydrogen-bond acceptors (Lipinski definition) is 3. The maximum atomic E-state index is 11.7. The Morgan fingerprint density at radius 3 is 2.52 bits per heavy atom. The third kappa shape index (κ3) is 3.45. The summed E-state index contributed by atoms with van der Waals surface area (Å²) in [6.07, 6.45) is 5.81. The molecule has 0 unspecified atom stereocenters. The molecule has 0 bridgehead atoms. The van der Waals surface area contributed by atoms with E-state index in [1.807, 2.05) is 36.5 Å². The van der Waals surface area contributed by atoms with E-state index in [1.165, 1.54) is 30.5 Å². The third-order valence-electron chi connectivity index (χ3n) is 5.72. The summed E-state index contributed by atoms with van der Waals surface area (Å²) in [7, 11) is 0. The fourth-order valence-electron chi connectivity index (χ4n) is 4.04. The fraction of sp³-hybridized carbons (Fsp3) is 0.429. The number of likely N-dealkylation sites (tertiary alicyclic amines) is 1. The number of aliphatic carboxylic acids is 1. The third-order valence-corrected chi connectivity index (χ3v) is 5.72. The zero-order valence-corrected chi connectivity index (χ0v) is 14.3. The van der Waals surface area contributed by atoms with Gasteiger partial charge in [0.25, 0.3) is 0 Å². The van der Waals surface area contributed by atoms with E-state index in [2.05, 4.69) is 22.0 Å². The predicted octanol–water partition coefficient (Wildman–Crippen LogP) is 3.65. The molecule has 1 N–H and O–H groups in total. The van der Waals surface area contributed by atoms with Crippen molar-refractivity contribution in [3.8, 4) is 0 Å². The molecular weight excluding hydrogens is 312 g/mol. The van der Waals surface area contributed by atoms with E-state index in [-0.39, 0.29) is 11.8 Å². The van der Waals surface area contributed by atoms with Crippen LogP contribution in [0.25, 0.3) is 0 Å². The first-order valence-electron chi connectivity index (χ1n) is 9.15. The summed E-state index contributed by atoms with van der Waals surface area (Å²) in [6, 6.07) is 14.3. The van der Waals surface area contributed by atoms with Crippen LogP contribution in [-0.2, 0) is 11.3 Å². The molecule has 2 aliphatic rings. The number of hydrogen-bond donors (Lipinski definition) is 1. The Balaban J connectivity index is 1.45. The van der Waals surface area contributed by atoms with Crippen LogP contribution in [0.15, 0.2) is 48.7 Å². The van der Waals surface area contributed by atoms with Gasteiger partial charge in [-0.1, -0.05) is 42.8 Å². The smallest absolute Gasteiger partial charge is 0.308 e. The van der Waals surface area contributed by atoms with Crippen LogP contribution in [0, 0.1) is 5.92 Å². The van der Waals surface area contributed by atoms with Gasteiger partial charge in [0.05, 0.1) is 5.92 Å². The highest BCUT2D eigenvalue weighted by Crippen LogP contribution is 2.36. The largest absolute Gasteiger partial charge is 0.481 e. The van der Waals surface area contributed by atoms with Gasteiger partial charge in [-0.25, -0.2) is 0 Å². The summed E-state index contributed by atoms with van der Waals surface area (Å²) >= 11 is 0. The zero-order chi connectivity index (χ0) is 17.2. The number of aromatic nitrogens is 1. The van der Waals surface area contributed by atoms with Gasteiger partial charge in [-0.3, -0.25) is 14.7 Å². The van der Waals surface area contributed by atoms with Gasteiger partial charge in [-0.05, 0) is 30.0 Å². The molecule has 25 heavy (non-hydrogen) atoms. The SMILES string of the molecule is O=C(O)[C@@H]1CN(Cc2ccc(C3CCC3)nc2)C[C@H]1c1ccccc1. The van der Waals surface area contributed by atoms with Crippen molar-refractivity contribution in [1.82, 2.24) is 9.88 Å². The van der Waals surface area contributed by atoms with Crippen LogP contribution in [0.4, 0.5) is 0 Å². The first kappa shape index (κ1) is 16.3. The summed E-state index contributed by atoms with van der Waals surface area (Å²) in [6.45, 7) is 2.15. The molecule has 1 aromatic heterocycles. The second-order valence-electron chi connectivity index (χ2n) is 7.38. The lowest BCUT2D eigenvalue weighted by molar-refractivity contribution is -0.141. The first-order chi connectivity index (χ1) is 12.2. The number of carboxylic acid groups (broad SMARTS) is 1. The molecule has 1 aliphatic heterocycles. The van der Waals surface area contributed by atoms with E-state index in [9.17, 15) is 9.90 Å². The minimum atomic E-state index is -0.699. The van der Waals surface area contributed by atoms with Crippen LogP contribution in [0.3, 0.4) is 0 Å². The molecule has 0 amide bonds. The number of rotatable bonds is 5. The van der Waals surface area contributed by atoms with Gasteiger partial charge in [0.2, 0.25) is 0 Å². The van der Waals surface area contributed by atoms with Gasteiger partial charge in [0.15, 0.2) is 0 Å². The van der Waals surface area contributed by atoms with E-state index in [1.54, 1.807) is 0 Å². The van der Waals surface area contributed by atoms with Crippen LogP contribution in [0.1, 0.15) is 47.9 Å². The van der Waals surface area contributed by atoms with Crippen molar-refractivity contribution in [2.75, 3.05) is 13.1 Å². The lowest BCUT2D eigenvalue weighted by Crippen LogP contribution is -2.23. The quantitative estimate of drug-likeness (QED) is 0.905. The molecule has 1 saturated carbocycles. The van der Waals surface area contributed by atoms with Crippen molar-refractivity contribution in [3.05, 3.63) is 65.5 Å². The van der Waals surface area contributed by atoms with Crippen molar-refractivity contribution in [1.29, 1.82) is 0 Å². The molecule has 0 spiro atoms. The highest BCUT2D eigenvalue weighted by molar-refractivity contribution is 5.72. The summed E-state index contributed by atoms with van der Waals surface area (Å²) in [5, 5.41) is 9.62. The van der Waals surface area contributed by atoms with Gasteiger partial charge in [0, 0.05) is 43.4 Å². The summed E-state index contributed by atoms with van der Waals surface area (Å²) in [4.78, 5) is 18.6. The first-order valence-corrected chi connectivity index (χ1v) is 9.15. The van der Waals surface area contributed by atoms with E-state index < -0.39 is 5.97 Å². The Morgan fingerprint density at radius 1 is 1.12 bits per heavy atom. The minimum Gasteiger partial charge on any atom is -0.481 e. The molecule has 4 rings (SSSR count). The zero-order valence-electron chi connectivity index (χ0n) is 14.3. The Labute approximate surface area is 148 Å². The molecule has 2 aromatic rings. The van der Waals surface area contributed by atoms with Crippen molar-refractivity contribution in [2.45, 2.75) is 37.6 Å². The van der Waals surface area contributed by atoms with E-state index in [4.69, 9.17) is 0 Å². The van der Waals surface area contributed by atoms with Crippen LogP contribution in [-0.4, -0.2) is 34.0 Å². The Hall–Kier alpha value is -2.20. The average molecular weight is 336 g/mol. The molecule has 2 atom stereocenters. The van der Waals surface area contributed by atoms with Crippen molar-refractivity contribution in [3.63, 3.8) is 0 Å². The van der Waals surface area contributed by atoms with Crippen molar-refractivity contribution >= 4 is 5.97 Å². The highest BCUT2D eigenvalue weighted by Gasteiger charge is 2.38. The standard InChI is InChI=1S/C21H24N2O2/c24-21(25)19-14-23(13-18(19)16-5-2-1-3-6-16)12-15-9-10-20(22-11-15)17-7-4-8-17/h1-3,5-6,9-11,17-19H,4,7-8,12-14H2,(H,24,25)/t18-,19+/m0/s1. The summed E-state index contributed by atoms with van der Waals surface area (Å²) in [5.74, 6) is -0.333. The fourth-order valence-corrected chi connectivity index (χ4v) is 4.04. The highest BCUT2D eigenvalue weighted by atomic mass is 16.4. The average Bonchev–Trinajstić information content (AvgIpc) is 3.00. The monoisotopic (exact) mass is 336 g/mol. The summed E-state index contributed by atoms with van der Waals surface area (Å²) < 4.78 is 0. The molecule has 1 aliphatic carbocycles. The van der Waals surface area contributed by atoms with Crippen LogP contribution < -0.4 is 0 Å². The molecule has 1 saturated heterocycles. The van der Waals surface area contributed by atoms with Gasteiger partial charge in [-0.15, -0.1) is 0 Å².